The first-order valence-corrected chi connectivity index (χ1v) is 7.14. The predicted octanol–water partition coefficient (Wildman–Crippen LogP) is 1.63. The van der Waals surface area contributed by atoms with Crippen LogP contribution in [-0.4, -0.2) is 52.7 Å². The van der Waals surface area contributed by atoms with Crippen molar-refractivity contribution < 1.29 is 0 Å². The van der Waals surface area contributed by atoms with Crippen LogP contribution >= 0.6 is 0 Å². The van der Waals surface area contributed by atoms with E-state index >= 15 is 0 Å². The second kappa shape index (κ2) is 5.02. The van der Waals surface area contributed by atoms with Crippen molar-refractivity contribution in [3.05, 3.63) is 17.5 Å². The van der Waals surface area contributed by atoms with Gasteiger partial charge in [0, 0.05) is 37.9 Å². The van der Waals surface area contributed by atoms with Crippen molar-refractivity contribution >= 4 is 0 Å². The van der Waals surface area contributed by atoms with Crippen LogP contribution in [-0.2, 0) is 6.54 Å². The van der Waals surface area contributed by atoms with Gasteiger partial charge in [0.05, 0.1) is 5.69 Å². The summed E-state index contributed by atoms with van der Waals surface area (Å²) in [6.45, 7) is 6.80. The molecular formula is C14H24N4. The van der Waals surface area contributed by atoms with Crippen LogP contribution in [0, 0.1) is 12.8 Å². The molecule has 0 amide bonds. The molecular weight excluding hydrogens is 224 g/mol. The normalized spacial score (nSPS) is 30.3. The van der Waals surface area contributed by atoms with E-state index in [-0.39, 0.29) is 0 Å². The summed E-state index contributed by atoms with van der Waals surface area (Å²) in [5.74, 6) is 0.850. The molecule has 18 heavy (non-hydrogen) atoms. The zero-order valence-corrected chi connectivity index (χ0v) is 11.5. The summed E-state index contributed by atoms with van der Waals surface area (Å²) in [5, 5.41) is 7.42. The van der Waals surface area contributed by atoms with E-state index in [1.54, 1.807) is 0 Å². The Hall–Kier alpha value is -0.870. The van der Waals surface area contributed by atoms with Crippen LogP contribution in [0.5, 0.6) is 0 Å². The highest BCUT2D eigenvalue weighted by molar-refractivity contribution is 5.06. The average molecular weight is 248 g/mol. The lowest BCUT2D eigenvalue weighted by Gasteiger charge is -2.29. The maximum absolute atomic E-state index is 4.37. The number of likely N-dealkylation sites (tertiary alicyclic amines) is 1. The van der Waals surface area contributed by atoms with E-state index in [2.05, 4.69) is 40.0 Å². The van der Waals surface area contributed by atoms with Crippen LogP contribution < -0.4 is 0 Å². The molecule has 0 radical (unpaired) electrons. The third-order valence-electron chi connectivity index (χ3n) is 4.45. The van der Waals surface area contributed by atoms with E-state index in [0.717, 1.165) is 24.2 Å². The number of hydrogen-bond donors (Lipinski definition) is 1. The first-order chi connectivity index (χ1) is 8.70. The minimum atomic E-state index is 0.748. The Kier molecular flexibility index (Phi) is 3.39. The van der Waals surface area contributed by atoms with E-state index in [1.807, 2.05) is 0 Å². The Bertz CT molecular complexity index is 400. The van der Waals surface area contributed by atoms with Gasteiger partial charge in [-0.15, -0.1) is 0 Å². The van der Waals surface area contributed by atoms with Crippen molar-refractivity contribution in [2.75, 3.05) is 26.7 Å². The number of aryl methyl sites for hydroxylation is 1. The Morgan fingerprint density at radius 3 is 3.00 bits per heavy atom. The largest absolute Gasteiger partial charge is 0.302 e. The fourth-order valence-electron chi connectivity index (χ4n) is 3.54. The molecule has 0 aromatic carbocycles. The minimum Gasteiger partial charge on any atom is -0.302 e. The Morgan fingerprint density at radius 1 is 1.33 bits per heavy atom. The molecule has 0 saturated carbocycles. The molecule has 1 aromatic rings. The van der Waals surface area contributed by atoms with Gasteiger partial charge in [-0.25, -0.2) is 0 Å². The van der Waals surface area contributed by atoms with Crippen molar-refractivity contribution in [3.63, 3.8) is 0 Å². The lowest BCUT2D eigenvalue weighted by atomic mass is 10.00. The van der Waals surface area contributed by atoms with Gasteiger partial charge >= 0.3 is 0 Å². The molecule has 2 aliphatic rings. The summed E-state index contributed by atoms with van der Waals surface area (Å²) in [7, 11) is 2.30. The smallest absolute Gasteiger partial charge is 0.0765 e. The first-order valence-electron chi connectivity index (χ1n) is 7.14. The average Bonchev–Trinajstić information content (AvgIpc) is 2.53. The van der Waals surface area contributed by atoms with E-state index < -0.39 is 0 Å². The lowest BCUT2D eigenvalue weighted by molar-refractivity contribution is 0.186. The number of likely N-dealkylation sites (N-methyl/N-ethyl adjacent to an activating group) is 1. The molecule has 2 aliphatic heterocycles. The lowest BCUT2D eigenvalue weighted by Crippen LogP contribution is -2.38. The monoisotopic (exact) mass is 248 g/mol. The van der Waals surface area contributed by atoms with Crippen LogP contribution in [0.15, 0.2) is 6.07 Å². The minimum absolute atomic E-state index is 0.748. The summed E-state index contributed by atoms with van der Waals surface area (Å²) < 4.78 is 0. The molecule has 0 spiro atoms. The summed E-state index contributed by atoms with van der Waals surface area (Å²) in [6, 6.07) is 2.92. The third-order valence-corrected chi connectivity index (χ3v) is 4.45. The van der Waals surface area contributed by atoms with Crippen molar-refractivity contribution in [2.45, 2.75) is 38.8 Å². The fraction of sp³-hybridized carbons (Fsp3) is 0.786. The quantitative estimate of drug-likeness (QED) is 0.864. The van der Waals surface area contributed by atoms with Gasteiger partial charge in [0.15, 0.2) is 0 Å². The second-order valence-corrected chi connectivity index (χ2v) is 6.13. The number of rotatable bonds is 2. The summed E-state index contributed by atoms with van der Waals surface area (Å²) in [6.07, 6.45) is 4.18. The molecule has 1 N–H and O–H groups in total. The fourth-order valence-corrected chi connectivity index (χ4v) is 3.54. The van der Waals surface area contributed by atoms with Crippen LogP contribution in [0.3, 0.4) is 0 Å². The molecule has 4 heteroatoms. The van der Waals surface area contributed by atoms with E-state index in [9.17, 15) is 0 Å². The summed E-state index contributed by atoms with van der Waals surface area (Å²) >= 11 is 0. The maximum atomic E-state index is 4.37. The van der Waals surface area contributed by atoms with Crippen molar-refractivity contribution in [1.29, 1.82) is 0 Å². The number of hydrogen-bond acceptors (Lipinski definition) is 3. The van der Waals surface area contributed by atoms with Gasteiger partial charge in [-0.05, 0) is 38.8 Å². The van der Waals surface area contributed by atoms with Gasteiger partial charge in [-0.3, -0.25) is 10.00 Å². The van der Waals surface area contributed by atoms with E-state index in [4.69, 9.17) is 0 Å². The molecule has 2 bridgehead atoms. The molecule has 3 rings (SSSR count). The summed E-state index contributed by atoms with van der Waals surface area (Å²) in [5.41, 5.74) is 2.35. The number of aromatic nitrogens is 2. The number of nitrogens with one attached hydrogen (secondary N) is 1. The highest BCUT2D eigenvalue weighted by Gasteiger charge is 2.30. The highest BCUT2D eigenvalue weighted by Crippen LogP contribution is 2.26. The standard InChI is InChI=1S/C14H24N4/c1-11-6-13(16-15-11)9-18-8-12-4-3-5-14(10-18)17(2)7-12/h6,12,14H,3-5,7-10H2,1-2H3,(H,15,16)/t12-,14-/m0/s1. The number of fused-ring (bicyclic) bond motifs is 3. The molecule has 0 aliphatic carbocycles. The molecule has 4 nitrogen and oxygen atoms in total. The van der Waals surface area contributed by atoms with Crippen molar-refractivity contribution in [1.82, 2.24) is 20.0 Å². The van der Waals surface area contributed by atoms with Gasteiger partial charge in [-0.1, -0.05) is 6.42 Å². The molecule has 1 aromatic heterocycles. The van der Waals surface area contributed by atoms with Gasteiger partial charge < -0.3 is 4.90 Å². The summed E-state index contributed by atoms with van der Waals surface area (Å²) in [4.78, 5) is 5.18. The van der Waals surface area contributed by atoms with Gasteiger partial charge in [0.2, 0.25) is 0 Å². The highest BCUT2D eigenvalue weighted by atomic mass is 15.2. The zero-order chi connectivity index (χ0) is 12.5. The molecule has 3 heterocycles. The number of nitrogens with zero attached hydrogens (tertiary/aromatic N) is 3. The predicted molar refractivity (Wildman–Crippen MR) is 72.4 cm³/mol. The molecule has 100 valence electrons. The molecule has 2 atom stereocenters. The molecule has 0 unspecified atom stereocenters. The first kappa shape index (κ1) is 12.2. The van der Waals surface area contributed by atoms with E-state index in [0.29, 0.717) is 0 Å². The van der Waals surface area contributed by atoms with Gasteiger partial charge in [0.25, 0.3) is 0 Å². The van der Waals surface area contributed by atoms with Crippen LogP contribution in [0.2, 0.25) is 0 Å². The third kappa shape index (κ3) is 2.59. The Balaban J connectivity index is 1.70. The second-order valence-electron chi connectivity index (χ2n) is 6.13. The number of H-pyrrole nitrogens is 1. The van der Waals surface area contributed by atoms with E-state index in [1.165, 1.54) is 44.6 Å². The van der Waals surface area contributed by atoms with Crippen molar-refractivity contribution in [2.24, 2.45) is 5.92 Å². The SMILES string of the molecule is Cc1cc(CN2C[C@H]3CCC[C@@H](C2)N(C)C3)n[nH]1. The Morgan fingerprint density at radius 2 is 2.22 bits per heavy atom. The molecule has 2 fully saturated rings. The topological polar surface area (TPSA) is 35.2 Å². The molecule has 2 saturated heterocycles. The van der Waals surface area contributed by atoms with Crippen LogP contribution in [0.25, 0.3) is 0 Å². The Labute approximate surface area is 109 Å². The zero-order valence-electron chi connectivity index (χ0n) is 11.5. The maximum Gasteiger partial charge on any atom is 0.0765 e. The van der Waals surface area contributed by atoms with Gasteiger partial charge in [0.1, 0.15) is 0 Å². The number of aromatic amines is 1. The van der Waals surface area contributed by atoms with Crippen molar-refractivity contribution in [3.8, 4) is 0 Å². The van der Waals surface area contributed by atoms with Gasteiger partial charge in [-0.2, -0.15) is 5.10 Å². The van der Waals surface area contributed by atoms with Crippen LogP contribution in [0.4, 0.5) is 0 Å². The van der Waals surface area contributed by atoms with Crippen LogP contribution in [0.1, 0.15) is 30.7 Å².